The molecule has 1 aromatic carbocycles. The fourth-order valence-corrected chi connectivity index (χ4v) is 3.28. The van der Waals surface area contributed by atoms with Crippen molar-refractivity contribution in [2.45, 2.75) is 50.9 Å². The monoisotopic (exact) mass is 438 g/mol. The molecule has 0 aliphatic carbocycles. The highest BCUT2D eigenvalue weighted by Crippen LogP contribution is 2.31. The number of amidine groups is 1. The van der Waals surface area contributed by atoms with Crippen molar-refractivity contribution in [2.24, 2.45) is 4.99 Å². The minimum absolute atomic E-state index is 0.0234. The second-order valence-corrected chi connectivity index (χ2v) is 7.07. The van der Waals surface area contributed by atoms with Crippen molar-refractivity contribution in [1.82, 2.24) is 4.90 Å². The summed E-state index contributed by atoms with van der Waals surface area (Å²) in [6.45, 7) is 4.14. The predicted octanol–water partition coefficient (Wildman–Crippen LogP) is 5.03. The van der Waals surface area contributed by atoms with E-state index in [9.17, 15) is 22.8 Å². The van der Waals surface area contributed by atoms with Gasteiger partial charge in [0.05, 0.1) is 24.4 Å². The zero-order valence-electron chi connectivity index (χ0n) is 17.2. The molecular formula is C22H25F3N2O4. The Balaban J connectivity index is 2.29. The summed E-state index contributed by atoms with van der Waals surface area (Å²) in [5.74, 6) is -0.772. The highest BCUT2D eigenvalue weighted by Gasteiger charge is 2.26. The largest absolute Gasteiger partial charge is 0.481 e. The lowest BCUT2D eigenvalue weighted by atomic mass is 10.0. The van der Waals surface area contributed by atoms with Gasteiger partial charge in [0.15, 0.2) is 0 Å². The van der Waals surface area contributed by atoms with Gasteiger partial charge in [-0.1, -0.05) is 18.2 Å². The second kappa shape index (κ2) is 10.8. The molecule has 0 amide bonds. The number of esters is 1. The number of methoxy groups -OCH3 is 1. The van der Waals surface area contributed by atoms with Crippen LogP contribution in [0.1, 0.15) is 48.0 Å². The fourth-order valence-electron chi connectivity index (χ4n) is 3.28. The Morgan fingerprint density at radius 1 is 1.35 bits per heavy atom. The molecule has 1 unspecified atom stereocenters. The summed E-state index contributed by atoms with van der Waals surface area (Å²) in [5, 5.41) is 8.83. The van der Waals surface area contributed by atoms with Crippen molar-refractivity contribution >= 4 is 23.5 Å². The average Bonchev–Trinajstić information content (AvgIpc) is 2.72. The Bertz CT molecular complexity index is 878. The quantitative estimate of drug-likeness (QED) is 0.315. The van der Waals surface area contributed by atoms with Crippen LogP contribution in [0.3, 0.4) is 0 Å². The number of allylic oxidation sites excluding steroid dienone is 1. The first-order valence-electron chi connectivity index (χ1n) is 9.79. The molecule has 31 heavy (non-hydrogen) atoms. The van der Waals surface area contributed by atoms with E-state index in [2.05, 4.69) is 11.6 Å². The molecular weight excluding hydrogens is 413 g/mol. The molecule has 168 valence electrons. The highest BCUT2D eigenvalue weighted by molar-refractivity contribution is 5.92. The van der Waals surface area contributed by atoms with E-state index < -0.39 is 24.2 Å². The molecule has 1 aliphatic rings. The van der Waals surface area contributed by atoms with Crippen LogP contribution in [0, 0.1) is 0 Å². The Hall–Kier alpha value is -3.10. The number of carbonyl (C=O) groups is 2. The molecule has 0 spiro atoms. The number of nitrogens with zero attached hydrogens (tertiary/aromatic N) is 2. The molecule has 0 saturated carbocycles. The summed E-state index contributed by atoms with van der Waals surface area (Å²) >= 11 is 0. The number of carboxylic acid groups (broad SMARTS) is 1. The number of aliphatic imine (C=N–C) groups is 1. The van der Waals surface area contributed by atoms with Crippen molar-refractivity contribution in [3.63, 3.8) is 0 Å². The van der Waals surface area contributed by atoms with Gasteiger partial charge in [0.25, 0.3) is 0 Å². The van der Waals surface area contributed by atoms with Gasteiger partial charge < -0.3 is 14.7 Å². The Kier molecular flexibility index (Phi) is 8.41. The van der Waals surface area contributed by atoms with E-state index in [0.717, 1.165) is 11.6 Å². The first-order valence-corrected chi connectivity index (χ1v) is 9.79. The average molecular weight is 438 g/mol. The molecule has 9 heteroatoms. The number of fused-ring (bicyclic) bond motifs is 1. The van der Waals surface area contributed by atoms with Gasteiger partial charge in [-0.15, -0.1) is 6.58 Å². The smallest absolute Gasteiger partial charge is 0.409 e. The molecule has 1 aliphatic heterocycles. The number of carboxylic acids is 1. The minimum atomic E-state index is -4.39. The number of hydrogen-bond acceptors (Lipinski definition) is 5. The molecule has 1 N–H and O–H groups in total. The number of aliphatic carboxylic acids is 1. The van der Waals surface area contributed by atoms with Crippen molar-refractivity contribution < 1.29 is 32.6 Å². The third kappa shape index (κ3) is 7.27. The number of halogens is 3. The lowest BCUT2D eigenvalue weighted by molar-refractivity contribution is -0.137. The molecule has 0 saturated heterocycles. The maximum atomic E-state index is 12.5. The molecule has 0 aromatic heterocycles. The van der Waals surface area contributed by atoms with Gasteiger partial charge in [0, 0.05) is 25.5 Å². The first kappa shape index (κ1) is 24.2. The Morgan fingerprint density at radius 3 is 2.71 bits per heavy atom. The lowest BCUT2D eigenvalue weighted by Gasteiger charge is -2.36. The second-order valence-electron chi connectivity index (χ2n) is 7.07. The number of benzene rings is 1. The van der Waals surface area contributed by atoms with Gasteiger partial charge in [0.2, 0.25) is 0 Å². The van der Waals surface area contributed by atoms with Crippen LogP contribution in [0.25, 0.3) is 0 Å². The van der Waals surface area contributed by atoms with Crippen LogP contribution in [0.2, 0.25) is 0 Å². The fraction of sp³-hybridized carbons (Fsp3) is 0.409. The maximum Gasteiger partial charge on any atom is 0.409 e. The summed E-state index contributed by atoms with van der Waals surface area (Å²) in [4.78, 5) is 29.1. The SMILES string of the molecule is C=CC(C/C=C/C(F)(F)F)N1Cc2ccc(C(=O)OC)cc2N=C1CCCCC(=O)O. The molecule has 0 bridgehead atoms. The summed E-state index contributed by atoms with van der Waals surface area (Å²) in [7, 11) is 1.28. The summed E-state index contributed by atoms with van der Waals surface area (Å²) in [5.41, 5.74) is 1.74. The van der Waals surface area contributed by atoms with E-state index in [1.165, 1.54) is 7.11 Å². The molecule has 0 fully saturated rings. The third-order valence-corrected chi connectivity index (χ3v) is 4.83. The van der Waals surface area contributed by atoms with Crippen molar-refractivity contribution in [2.75, 3.05) is 7.11 Å². The zero-order valence-corrected chi connectivity index (χ0v) is 17.2. The summed E-state index contributed by atoms with van der Waals surface area (Å²) in [6.07, 6.45) is 0.00219. The summed E-state index contributed by atoms with van der Waals surface area (Å²) in [6, 6.07) is 4.54. The molecule has 1 atom stereocenters. The first-order chi connectivity index (χ1) is 14.6. The molecule has 1 heterocycles. The van der Waals surface area contributed by atoms with Gasteiger partial charge >= 0.3 is 18.1 Å². The van der Waals surface area contributed by atoms with E-state index in [1.54, 1.807) is 24.3 Å². The lowest BCUT2D eigenvalue weighted by Crippen LogP contribution is -2.40. The van der Waals surface area contributed by atoms with Crippen LogP contribution in [0.15, 0.2) is 48.0 Å². The molecule has 2 rings (SSSR count). The normalized spacial score (nSPS) is 14.7. The topological polar surface area (TPSA) is 79.2 Å². The van der Waals surface area contributed by atoms with Crippen LogP contribution in [0.4, 0.5) is 18.9 Å². The van der Waals surface area contributed by atoms with Gasteiger partial charge in [-0.3, -0.25) is 4.79 Å². The van der Waals surface area contributed by atoms with E-state index >= 15 is 0 Å². The van der Waals surface area contributed by atoms with E-state index in [4.69, 9.17) is 9.84 Å². The van der Waals surface area contributed by atoms with Crippen molar-refractivity contribution in [3.8, 4) is 0 Å². The van der Waals surface area contributed by atoms with Crippen molar-refractivity contribution in [3.05, 3.63) is 54.1 Å². The molecule has 1 aromatic rings. The number of rotatable bonds is 10. The third-order valence-electron chi connectivity index (χ3n) is 4.83. The predicted molar refractivity (Wildman–Crippen MR) is 110 cm³/mol. The molecule has 0 radical (unpaired) electrons. The van der Waals surface area contributed by atoms with E-state index in [1.807, 2.05) is 4.90 Å². The highest BCUT2D eigenvalue weighted by atomic mass is 19.4. The van der Waals surface area contributed by atoms with Crippen LogP contribution in [0.5, 0.6) is 0 Å². The van der Waals surface area contributed by atoms with Crippen molar-refractivity contribution in [1.29, 1.82) is 0 Å². The Morgan fingerprint density at radius 2 is 2.10 bits per heavy atom. The number of carbonyl (C=O) groups excluding carboxylic acids is 1. The minimum Gasteiger partial charge on any atom is -0.481 e. The van der Waals surface area contributed by atoms with Gasteiger partial charge in [-0.05, 0) is 37.0 Å². The van der Waals surface area contributed by atoms with Crippen LogP contribution in [-0.2, 0) is 16.1 Å². The van der Waals surface area contributed by atoms with Crippen LogP contribution in [-0.4, -0.2) is 47.1 Å². The number of unbranched alkanes of at least 4 members (excludes halogenated alkanes) is 1. The van der Waals surface area contributed by atoms with Gasteiger partial charge in [-0.2, -0.15) is 13.2 Å². The number of ether oxygens (including phenoxy) is 1. The zero-order chi connectivity index (χ0) is 23.0. The summed E-state index contributed by atoms with van der Waals surface area (Å²) < 4.78 is 42.2. The van der Waals surface area contributed by atoms with Gasteiger partial charge in [0.1, 0.15) is 5.84 Å². The van der Waals surface area contributed by atoms with Gasteiger partial charge in [-0.25, -0.2) is 9.79 Å². The molecule has 6 nitrogen and oxygen atoms in total. The number of hydrogen-bond donors (Lipinski definition) is 1. The van der Waals surface area contributed by atoms with E-state index in [0.29, 0.717) is 42.9 Å². The maximum absolute atomic E-state index is 12.5. The van der Waals surface area contributed by atoms with Crippen LogP contribution >= 0.6 is 0 Å². The van der Waals surface area contributed by atoms with E-state index in [-0.39, 0.29) is 18.9 Å². The number of alkyl halides is 3. The Labute approximate surface area is 178 Å². The standard InChI is InChI=1S/C22H25F3N2O4/c1-3-17(7-6-12-22(23,24)25)27-14-16-11-10-15(21(30)31-2)13-18(16)26-19(27)8-4-5-9-20(28)29/h3,6,10-13,17H,1,4-5,7-9,14H2,2H3,(H,28,29)/b12-6+. The van der Waals surface area contributed by atoms with Crippen LogP contribution < -0.4 is 0 Å².